The third kappa shape index (κ3) is 6.42. The number of anilines is 4. The number of hydrogen-bond donors (Lipinski definition) is 2. The molecule has 5 heteroatoms. The normalized spacial score (nSPS) is 11.2. The lowest BCUT2D eigenvalue weighted by atomic mass is 10.1. The lowest BCUT2D eigenvalue weighted by Crippen LogP contribution is -2.32. The number of aromatic nitrogens is 2. The molecular formula is C22H35N5. The van der Waals surface area contributed by atoms with E-state index in [0.717, 1.165) is 31.0 Å². The minimum absolute atomic E-state index is 0.533. The molecule has 0 aliphatic heterocycles. The van der Waals surface area contributed by atoms with Crippen molar-refractivity contribution >= 4 is 23.0 Å². The van der Waals surface area contributed by atoms with Crippen LogP contribution in [-0.2, 0) is 6.42 Å². The number of aryl methyl sites for hydroxylation is 1. The number of rotatable bonds is 10. The quantitative estimate of drug-likeness (QED) is 0.597. The smallest absolute Gasteiger partial charge is 0.159 e. The first-order valence-corrected chi connectivity index (χ1v) is 10.1. The molecule has 0 spiro atoms. The Bertz CT molecular complexity index is 684. The summed E-state index contributed by atoms with van der Waals surface area (Å²) in [6, 6.07) is 8.51. The molecule has 0 saturated carbocycles. The molecule has 0 aliphatic rings. The molecule has 1 aromatic carbocycles. The number of hydrogen-bond acceptors (Lipinski definition) is 5. The Kier molecular flexibility index (Phi) is 7.89. The zero-order valence-electron chi connectivity index (χ0n) is 17.5. The van der Waals surface area contributed by atoms with Crippen molar-refractivity contribution in [3.63, 3.8) is 0 Å². The van der Waals surface area contributed by atoms with Gasteiger partial charge in [0, 0.05) is 18.8 Å². The molecule has 1 aromatic heterocycles. The van der Waals surface area contributed by atoms with Gasteiger partial charge < -0.3 is 16.0 Å². The van der Waals surface area contributed by atoms with Crippen molar-refractivity contribution < 1.29 is 0 Å². The third-order valence-electron chi connectivity index (χ3n) is 4.37. The van der Waals surface area contributed by atoms with Crippen LogP contribution in [0.4, 0.5) is 23.0 Å². The fraction of sp³-hybridized carbons (Fsp3) is 0.545. The zero-order valence-corrected chi connectivity index (χ0v) is 17.5. The van der Waals surface area contributed by atoms with Crippen LogP contribution in [0.3, 0.4) is 0 Å². The molecule has 0 atom stereocenters. The SMILES string of the molecule is CCCCc1ccc(Nc2ncnc(N(CC(C)C)CC(C)C)c2N)cc1. The highest BCUT2D eigenvalue weighted by Gasteiger charge is 2.17. The van der Waals surface area contributed by atoms with Crippen molar-refractivity contribution in [3.8, 4) is 0 Å². The van der Waals surface area contributed by atoms with Gasteiger partial charge in [-0.15, -0.1) is 0 Å². The molecule has 5 nitrogen and oxygen atoms in total. The first kappa shape index (κ1) is 21.0. The van der Waals surface area contributed by atoms with Gasteiger partial charge in [0.1, 0.15) is 12.0 Å². The van der Waals surface area contributed by atoms with Gasteiger partial charge in [0.2, 0.25) is 0 Å². The predicted molar refractivity (Wildman–Crippen MR) is 117 cm³/mol. The Balaban J connectivity index is 2.19. The highest BCUT2D eigenvalue weighted by Crippen LogP contribution is 2.29. The molecule has 0 unspecified atom stereocenters. The summed E-state index contributed by atoms with van der Waals surface area (Å²) >= 11 is 0. The van der Waals surface area contributed by atoms with Crippen molar-refractivity contribution in [1.82, 2.24) is 9.97 Å². The molecule has 0 bridgehead atoms. The minimum Gasteiger partial charge on any atom is -0.393 e. The van der Waals surface area contributed by atoms with Gasteiger partial charge in [-0.2, -0.15) is 0 Å². The third-order valence-corrected chi connectivity index (χ3v) is 4.37. The van der Waals surface area contributed by atoms with Crippen LogP contribution in [0.15, 0.2) is 30.6 Å². The van der Waals surface area contributed by atoms with Crippen LogP contribution in [0.5, 0.6) is 0 Å². The second-order valence-electron chi connectivity index (χ2n) is 8.08. The monoisotopic (exact) mass is 369 g/mol. The van der Waals surface area contributed by atoms with Crippen LogP contribution in [0.1, 0.15) is 53.0 Å². The van der Waals surface area contributed by atoms with Gasteiger partial charge in [0.15, 0.2) is 11.6 Å². The average molecular weight is 370 g/mol. The topological polar surface area (TPSA) is 67.1 Å². The number of benzene rings is 1. The fourth-order valence-corrected chi connectivity index (χ4v) is 3.14. The lowest BCUT2D eigenvalue weighted by molar-refractivity contribution is 0.549. The van der Waals surface area contributed by atoms with E-state index in [-0.39, 0.29) is 0 Å². The molecule has 2 rings (SSSR count). The van der Waals surface area contributed by atoms with Gasteiger partial charge in [0.05, 0.1) is 0 Å². The Labute approximate surface area is 164 Å². The Morgan fingerprint density at radius 2 is 1.63 bits per heavy atom. The minimum atomic E-state index is 0.533. The maximum Gasteiger partial charge on any atom is 0.159 e. The van der Waals surface area contributed by atoms with Gasteiger partial charge in [-0.3, -0.25) is 0 Å². The highest BCUT2D eigenvalue weighted by atomic mass is 15.2. The maximum absolute atomic E-state index is 6.45. The molecular weight excluding hydrogens is 334 g/mol. The largest absolute Gasteiger partial charge is 0.393 e. The summed E-state index contributed by atoms with van der Waals surface area (Å²) in [6.07, 6.45) is 5.15. The van der Waals surface area contributed by atoms with Crippen LogP contribution in [0.2, 0.25) is 0 Å². The van der Waals surface area contributed by atoms with Gasteiger partial charge in [-0.1, -0.05) is 53.2 Å². The molecule has 0 fully saturated rings. The van der Waals surface area contributed by atoms with Crippen LogP contribution in [0.25, 0.3) is 0 Å². The summed E-state index contributed by atoms with van der Waals surface area (Å²) in [5, 5.41) is 3.35. The molecule has 0 saturated heterocycles. The second kappa shape index (κ2) is 10.1. The van der Waals surface area contributed by atoms with Gasteiger partial charge in [-0.25, -0.2) is 9.97 Å². The van der Waals surface area contributed by atoms with Gasteiger partial charge >= 0.3 is 0 Å². The zero-order chi connectivity index (χ0) is 19.8. The number of nitrogens with one attached hydrogen (secondary N) is 1. The van der Waals surface area contributed by atoms with E-state index in [0.29, 0.717) is 23.3 Å². The van der Waals surface area contributed by atoms with E-state index in [4.69, 9.17) is 5.73 Å². The van der Waals surface area contributed by atoms with Gasteiger partial charge in [-0.05, 0) is 42.4 Å². The van der Waals surface area contributed by atoms with Crippen LogP contribution < -0.4 is 16.0 Å². The molecule has 0 radical (unpaired) electrons. The number of unbranched alkanes of at least 4 members (excludes halogenated alkanes) is 1. The van der Waals surface area contributed by atoms with Crippen molar-refractivity contribution in [2.45, 2.75) is 53.9 Å². The highest BCUT2D eigenvalue weighted by molar-refractivity contribution is 5.78. The summed E-state index contributed by atoms with van der Waals surface area (Å²) < 4.78 is 0. The Morgan fingerprint density at radius 1 is 1.00 bits per heavy atom. The van der Waals surface area contributed by atoms with Crippen molar-refractivity contribution in [2.24, 2.45) is 11.8 Å². The van der Waals surface area contributed by atoms with Crippen LogP contribution >= 0.6 is 0 Å². The van der Waals surface area contributed by atoms with E-state index in [1.54, 1.807) is 6.33 Å². The number of nitrogens with zero attached hydrogens (tertiary/aromatic N) is 3. The lowest BCUT2D eigenvalue weighted by Gasteiger charge is -2.28. The van der Waals surface area contributed by atoms with E-state index in [1.165, 1.54) is 18.4 Å². The van der Waals surface area contributed by atoms with Crippen LogP contribution in [-0.4, -0.2) is 23.1 Å². The molecule has 1 heterocycles. The molecule has 0 amide bonds. The first-order valence-electron chi connectivity index (χ1n) is 10.1. The van der Waals surface area contributed by atoms with Crippen molar-refractivity contribution in [1.29, 1.82) is 0 Å². The van der Waals surface area contributed by atoms with Crippen molar-refractivity contribution in [3.05, 3.63) is 36.2 Å². The summed E-state index contributed by atoms with van der Waals surface area (Å²) in [7, 11) is 0. The van der Waals surface area contributed by atoms with Gasteiger partial charge in [0.25, 0.3) is 0 Å². The van der Waals surface area contributed by atoms with E-state index in [9.17, 15) is 0 Å². The molecule has 148 valence electrons. The first-order chi connectivity index (χ1) is 12.9. The molecule has 2 aromatic rings. The summed E-state index contributed by atoms with van der Waals surface area (Å²) in [5.74, 6) is 2.55. The summed E-state index contributed by atoms with van der Waals surface area (Å²) in [4.78, 5) is 11.1. The van der Waals surface area contributed by atoms with E-state index in [1.807, 2.05) is 0 Å². The maximum atomic E-state index is 6.45. The summed E-state index contributed by atoms with van der Waals surface area (Å²) in [6.45, 7) is 12.9. The van der Waals surface area contributed by atoms with E-state index < -0.39 is 0 Å². The summed E-state index contributed by atoms with van der Waals surface area (Å²) in [5.41, 5.74) is 9.41. The Hall–Kier alpha value is -2.30. The molecule has 0 aliphatic carbocycles. The number of nitrogen functional groups attached to an aromatic ring is 1. The molecule has 27 heavy (non-hydrogen) atoms. The fourth-order valence-electron chi connectivity index (χ4n) is 3.14. The van der Waals surface area contributed by atoms with Crippen LogP contribution in [0, 0.1) is 11.8 Å². The number of nitrogens with two attached hydrogens (primary N) is 1. The molecule has 3 N–H and O–H groups in total. The standard InChI is InChI=1S/C22H35N5/c1-6-7-8-18-9-11-19(12-10-18)26-21-20(23)22(25-15-24-21)27(13-16(2)3)14-17(4)5/h9-12,15-17H,6-8,13-14,23H2,1-5H3,(H,24,25,26). The Morgan fingerprint density at radius 3 is 2.19 bits per heavy atom. The van der Waals surface area contributed by atoms with E-state index in [2.05, 4.69) is 79.1 Å². The van der Waals surface area contributed by atoms with Crippen molar-refractivity contribution in [2.75, 3.05) is 29.0 Å². The average Bonchev–Trinajstić information content (AvgIpc) is 2.61. The second-order valence-corrected chi connectivity index (χ2v) is 8.08. The van der Waals surface area contributed by atoms with E-state index >= 15 is 0 Å². The predicted octanol–water partition coefficient (Wildman–Crippen LogP) is 5.26.